The molecule has 2 aromatic heterocycles. The average Bonchev–Trinajstić information content (AvgIpc) is 3.19. The molecule has 3 N–H and O–H groups in total. The van der Waals surface area contributed by atoms with Crippen molar-refractivity contribution in [3.63, 3.8) is 0 Å². The van der Waals surface area contributed by atoms with E-state index in [9.17, 15) is 4.79 Å². The van der Waals surface area contributed by atoms with Crippen LogP contribution in [0, 0.1) is 0 Å². The maximum atomic E-state index is 12.3. The summed E-state index contributed by atoms with van der Waals surface area (Å²) in [5.74, 6) is 1.62. The fraction of sp³-hybridized carbons (Fsp3) is 0.450. The lowest BCUT2D eigenvalue weighted by Crippen LogP contribution is -2.24. The van der Waals surface area contributed by atoms with E-state index >= 15 is 0 Å². The minimum absolute atomic E-state index is 0.0877. The normalized spacial score (nSPS) is 10.9. The van der Waals surface area contributed by atoms with E-state index in [2.05, 4.69) is 36.1 Å². The molecule has 0 saturated carbocycles. The first kappa shape index (κ1) is 22.8. The Bertz CT molecular complexity index is 993. The van der Waals surface area contributed by atoms with E-state index in [1.165, 1.54) is 11.8 Å². The van der Waals surface area contributed by atoms with Crippen molar-refractivity contribution in [1.82, 2.24) is 29.9 Å². The summed E-state index contributed by atoms with van der Waals surface area (Å²) in [6.45, 7) is 9.06. The quantitative estimate of drug-likeness (QED) is 0.362. The van der Waals surface area contributed by atoms with Crippen LogP contribution in [0.4, 0.5) is 11.9 Å². The van der Waals surface area contributed by atoms with Crippen LogP contribution in [0.1, 0.15) is 31.9 Å². The van der Waals surface area contributed by atoms with Crippen LogP contribution in [0.15, 0.2) is 29.4 Å². The van der Waals surface area contributed by atoms with Crippen LogP contribution >= 0.6 is 11.8 Å². The number of nitrogens with one attached hydrogen (secondary N) is 3. The third-order valence-corrected chi connectivity index (χ3v) is 5.16. The molecule has 3 rings (SSSR count). The van der Waals surface area contributed by atoms with Gasteiger partial charge in [-0.1, -0.05) is 36.0 Å². The van der Waals surface area contributed by atoms with Gasteiger partial charge in [-0.25, -0.2) is 4.40 Å². The van der Waals surface area contributed by atoms with E-state index in [4.69, 9.17) is 4.74 Å². The van der Waals surface area contributed by atoms with Crippen LogP contribution in [0.2, 0.25) is 0 Å². The summed E-state index contributed by atoms with van der Waals surface area (Å²) in [5, 5.41) is 18.1. The Morgan fingerprint density at radius 3 is 2.48 bits per heavy atom. The molecule has 0 aliphatic rings. The molecular formula is C20H28N8O2S. The monoisotopic (exact) mass is 444 g/mol. The third kappa shape index (κ3) is 6.28. The van der Waals surface area contributed by atoms with Gasteiger partial charge < -0.3 is 20.7 Å². The van der Waals surface area contributed by atoms with E-state index in [0.717, 1.165) is 11.1 Å². The molecule has 0 radical (unpaired) electrons. The second-order valence-corrected chi connectivity index (χ2v) is 7.51. The van der Waals surface area contributed by atoms with Gasteiger partial charge in [0.05, 0.1) is 12.4 Å². The molecule has 0 fully saturated rings. The van der Waals surface area contributed by atoms with E-state index in [1.54, 1.807) is 4.40 Å². The van der Waals surface area contributed by atoms with Crippen molar-refractivity contribution < 1.29 is 9.53 Å². The molecule has 31 heavy (non-hydrogen) atoms. The Morgan fingerprint density at radius 1 is 1.03 bits per heavy atom. The van der Waals surface area contributed by atoms with E-state index in [-0.39, 0.29) is 11.7 Å². The lowest BCUT2D eigenvalue weighted by molar-refractivity contribution is -0.118. The predicted molar refractivity (Wildman–Crippen MR) is 121 cm³/mol. The number of rotatable bonds is 12. The number of fused-ring (bicyclic) bond motifs is 1. The Hall–Kier alpha value is -2.92. The second-order valence-electron chi connectivity index (χ2n) is 6.57. The highest BCUT2D eigenvalue weighted by Crippen LogP contribution is 2.20. The number of anilines is 2. The van der Waals surface area contributed by atoms with Gasteiger partial charge in [0.25, 0.3) is 5.78 Å². The van der Waals surface area contributed by atoms with Crippen LogP contribution in [-0.4, -0.2) is 55.9 Å². The number of hydrogen-bond acceptors (Lipinski definition) is 9. The van der Waals surface area contributed by atoms with Crippen molar-refractivity contribution in [1.29, 1.82) is 0 Å². The highest BCUT2D eigenvalue weighted by molar-refractivity contribution is 7.99. The molecule has 0 spiro atoms. The Kier molecular flexibility index (Phi) is 8.42. The van der Waals surface area contributed by atoms with Gasteiger partial charge in [-0.05, 0) is 31.9 Å². The molecule has 0 aliphatic heterocycles. The largest absolute Gasteiger partial charge is 0.377 e. The third-order valence-electron chi connectivity index (χ3n) is 4.23. The van der Waals surface area contributed by atoms with Gasteiger partial charge in [-0.2, -0.15) is 9.97 Å². The van der Waals surface area contributed by atoms with Gasteiger partial charge in [-0.3, -0.25) is 4.79 Å². The number of hydrogen-bond donors (Lipinski definition) is 3. The minimum Gasteiger partial charge on any atom is -0.377 e. The SMILES string of the molecule is CCNc1nc(NCC)n2c(SCC(=O)NCc3ccc(COCC)cc3)nnc2n1. The van der Waals surface area contributed by atoms with Gasteiger partial charge >= 0.3 is 0 Å². The molecule has 3 aromatic rings. The smallest absolute Gasteiger partial charge is 0.261 e. The van der Waals surface area contributed by atoms with E-state index in [0.29, 0.717) is 55.7 Å². The zero-order valence-electron chi connectivity index (χ0n) is 18.0. The van der Waals surface area contributed by atoms with Crippen LogP contribution in [-0.2, 0) is 22.7 Å². The van der Waals surface area contributed by atoms with Crippen molar-refractivity contribution in [3.05, 3.63) is 35.4 Å². The Morgan fingerprint density at radius 2 is 1.77 bits per heavy atom. The molecular weight excluding hydrogens is 416 g/mol. The van der Waals surface area contributed by atoms with Gasteiger partial charge in [0.15, 0.2) is 5.16 Å². The molecule has 0 bridgehead atoms. The van der Waals surface area contributed by atoms with Crippen LogP contribution in [0.25, 0.3) is 5.78 Å². The lowest BCUT2D eigenvalue weighted by atomic mass is 10.1. The molecule has 1 aromatic carbocycles. The fourth-order valence-corrected chi connectivity index (χ4v) is 3.51. The van der Waals surface area contributed by atoms with Crippen molar-refractivity contribution in [2.75, 3.05) is 36.1 Å². The molecule has 0 unspecified atom stereocenters. The van der Waals surface area contributed by atoms with Gasteiger partial charge in [0, 0.05) is 26.2 Å². The molecule has 1 amide bonds. The zero-order valence-corrected chi connectivity index (χ0v) is 18.8. The Balaban J connectivity index is 1.58. The first-order chi connectivity index (χ1) is 15.1. The summed E-state index contributed by atoms with van der Waals surface area (Å²) in [6, 6.07) is 8.02. The maximum Gasteiger partial charge on any atom is 0.261 e. The first-order valence-corrected chi connectivity index (χ1v) is 11.3. The van der Waals surface area contributed by atoms with Gasteiger partial charge in [-0.15, -0.1) is 10.2 Å². The average molecular weight is 445 g/mol. The summed E-state index contributed by atoms with van der Waals surface area (Å²) in [7, 11) is 0. The number of thioether (sulfide) groups is 1. The number of amides is 1. The van der Waals surface area contributed by atoms with Crippen molar-refractivity contribution in [2.45, 2.75) is 39.1 Å². The number of carbonyl (C=O) groups excluding carboxylic acids is 1. The fourth-order valence-electron chi connectivity index (χ4n) is 2.75. The summed E-state index contributed by atoms with van der Waals surface area (Å²) in [6.07, 6.45) is 0. The van der Waals surface area contributed by atoms with Crippen LogP contribution in [0.5, 0.6) is 0 Å². The molecule has 11 heteroatoms. The molecule has 2 heterocycles. The maximum absolute atomic E-state index is 12.3. The van der Waals surface area contributed by atoms with E-state index < -0.39 is 0 Å². The summed E-state index contributed by atoms with van der Waals surface area (Å²) in [5.41, 5.74) is 2.15. The standard InChI is InChI=1S/C20H28N8O2S/c1-4-21-17-24-18(22-5-2)28-19(25-17)26-27-20(28)31-13-16(29)23-11-14-7-9-15(10-8-14)12-30-6-3/h7-10H,4-6,11-13H2,1-3H3,(H,23,29)(H2,21,22,24,25,26). The number of aromatic nitrogens is 5. The first-order valence-electron chi connectivity index (χ1n) is 10.3. The topological polar surface area (TPSA) is 118 Å². The second kappa shape index (κ2) is 11.5. The molecule has 0 aliphatic carbocycles. The number of ether oxygens (including phenoxy) is 1. The molecule has 166 valence electrons. The number of nitrogens with zero attached hydrogens (tertiary/aromatic N) is 5. The summed E-state index contributed by atoms with van der Waals surface area (Å²) in [4.78, 5) is 21.2. The summed E-state index contributed by atoms with van der Waals surface area (Å²) >= 11 is 1.29. The van der Waals surface area contributed by atoms with Crippen molar-refractivity contribution in [2.24, 2.45) is 0 Å². The zero-order chi connectivity index (χ0) is 22.1. The van der Waals surface area contributed by atoms with Gasteiger partial charge in [0.2, 0.25) is 17.8 Å². The number of carbonyl (C=O) groups is 1. The van der Waals surface area contributed by atoms with E-state index in [1.807, 2.05) is 45.0 Å². The molecule has 0 saturated heterocycles. The lowest BCUT2D eigenvalue weighted by Gasteiger charge is -2.10. The predicted octanol–water partition coefficient (Wildman–Crippen LogP) is 2.33. The summed E-state index contributed by atoms with van der Waals surface area (Å²) < 4.78 is 7.12. The van der Waals surface area contributed by atoms with Crippen molar-refractivity contribution >= 4 is 35.3 Å². The van der Waals surface area contributed by atoms with Gasteiger partial charge in [0.1, 0.15) is 0 Å². The van der Waals surface area contributed by atoms with Crippen LogP contribution in [0.3, 0.4) is 0 Å². The highest BCUT2D eigenvalue weighted by Gasteiger charge is 2.15. The van der Waals surface area contributed by atoms with Crippen molar-refractivity contribution in [3.8, 4) is 0 Å². The Labute approximate surface area is 185 Å². The van der Waals surface area contributed by atoms with Crippen LogP contribution < -0.4 is 16.0 Å². The molecule has 0 atom stereocenters. The molecule has 10 nitrogen and oxygen atoms in total. The minimum atomic E-state index is -0.0877. The highest BCUT2D eigenvalue weighted by atomic mass is 32.2. The number of benzene rings is 1.